The lowest BCUT2D eigenvalue weighted by Crippen LogP contribution is -2.46. The first-order valence-electron chi connectivity index (χ1n) is 8.79. The Morgan fingerprint density at radius 3 is 2.86 bits per heavy atom. The molecule has 2 aromatic rings. The van der Waals surface area contributed by atoms with Crippen molar-refractivity contribution in [3.05, 3.63) is 61.1 Å². The van der Waals surface area contributed by atoms with Crippen molar-refractivity contribution < 1.29 is 4.79 Å². The quantitative estimate of drug-likeness (QED) is 0.740. The van der Waals surface area contributed by atoms with Gasteiger partial charge in [0.25, 0.3) is 11.5 Å². The van der Waals surface area contributed by atoms with Crippen molar-refractivity contribution in [2.24, 2.45) is 7.05 Å². The SMILES string of the molecule is CN1CN(CC(=O)NN2CSC=C2c2cccc(Cl)c2)c2c1n(C)c(=O)[nH]c2=O. The number of amides is 1. The van der Waals surface area contributed by atoms with Crippen molar-refractivity contribution in [2.45, 2.75) is 0 Å². The van der Waals surface area contributed by atoms with E-state index >= 15 is 0 Å². The summed E-state index contributed by atoms with van der Waals surface area (Å²) in [5, 5.41) is 4.34. The number of hydrogen-bond donors (Lipinski definition) is 2. The van der Waals surface area contributed by atoms with Gasteiger partial charge in [-0.15, -0.1) is 11.8 Å². The maximum absolute atomic E-state index is 12.7. The van der Waals surface area contributed by atoms with Crippen LogP contribution in [0.2, 0.25) is 5.02 Å². The first-order chi connectivity index (χ1) is 13.8. The molecule has 0 fully saturated rings. The van der Waals surface area contributed by atoms with Gasteiger partial charge in [-0.1, -0.05) is 23.7 Å². The maximum atomic E-state index is 12.7. The van der Waals surface area contributed by atoms with Gasteiger partial charge < -0.3 is 9.80 Å². The molecule has 2 aliphatic rings. The molecule has 0 unspecified atom stereocenters. The van der Waals surface area contributed by atoms with Crippen LogP contribution in [0.3, 0.4) is 0 Å². The van der Waals surface area contributed by atoms with Crippen LogP contribution in [-0.2, 0) is 11.8 Å². The molecule has 0 atom stereocenters. The third kappa shape index (κ3) is 3.60. The van der Waals surface area contributed by atoms with Crippen molar-refractivity contribution in [3.63, 3.8) is 0 Å². The molecule has 1 amide bonds. The molecule has 152 valence electrons. The minimum atomic E-state index is -0.503. The van der Waals surface area contributed by atoms with E-state index in [1.165, 1.54) is 4.57 Å². The normalized spacial score (nSPS) is 15.6. The molecule has 1 aromatic carbocycles. The average Bonchev–Trinajstić information content (AvgIpc) is 3.24. The number of carbonyl (C=O) groups excluding carboxylic acids is 1. The molecule has 3 heterocycles. The van der Waals surface area contributed by atoms with Gasteiger partial charge in [-0.05, 0) is 17.5 Å². The Morgan fingerprint density at radius 2 is 2.10 bits per heavy atom. The van der Waals surface area contributed by atoms with Gasteiger partial charge in [-0.3, -0.25) is 29.6 Å². The molecule has 2 aliphatic heterocycles. The van der Waals surface area contributed by atoms with Crippen LogP contribution >= 0.6 is 23.4 Å². The smallest absolute Gasteiger partial charge is 0.329 e. The summed E-state index contributed by atoms with van der Waals surface area (Å²) in [5.74, 6) is 0.789. The predicted molar refractivity (Wildman–Crippen MR) is 115 cm³/mol. The van der Waals surface area contributed by atoms with Crippen molar-refractivity contribution in [1.29, 1.82) is 0 Å². The van der Waals surface area contributed by atoms with Crippen LogP contribution in [0.15, 0.2) is 39.3 Å². The molecule has 4 rings (SSSR count). The third-order valence-electron chi connectivity index (χ3n) is 4.73. The van der Waals surface area contributed by atoms with E-state index in [4.69, 9.17) is 11.6 Å². The second-order valence-corrected chi connectivity index (χ2v) is 8.06. The Kier molecular flexibility index (Phi) is 5.05. The fourth-order valence-electron chi connectivity index (χ4n) is 3.49. The molecule has 9 nitrogen and oxygen atoms in total. The zero-order valence-electron chi connectivity index (χ0n) is 15.8. The predicted octanol–water partition coefficient (Wildman–Crippen LogP) is 0.977. The molecule has 0 saturated carbocycles. The van der Waals surface area contributed by atoms with E-state index in [0.29, 0.717) is 29.1 Å². The lowest BCUT2D eigenvalue weighted by molar-refractivity contribution is -0.122. The second kappa shape index (κ2) is 7.53. The number of rotatable bonds is 4. The zero-order chi connectivity index (χ0) is 20.7. The number of fused-ring (bicyclic) bond motifs is 1. The highest BCUT2D eigenvalue weighted by atomic mass is 35.5. The molecule has 0 bridgehead atoms. The van der Waals surface area contributed by atoms with Crippen LogP contribution in [0, 0.1) is 0 Å². The Balaban J connectivity index is 1.51. The van der Waals surface area contributed by atoms with Gasteiger partial charge in [0.05, 0.1) is 18.2 Å². The van der Waals surface area contributed by atoms with Gasteiger partial charge in [0.2, 0.25) is 0 Å². The molecule has 0 radical (unpaired) electrons. The van der Waals surface area contributed by atoms with E-state index in [-0.39, 0.29) is 12.5 Å². The van der Waals surface area contributed by atoms with E-state index in [1.807, 2.05) is 23.6 Å². The first-order valence-corrected chi connectivity index (χ1v) is 10.2. The lowest BCUT2D eigenvalue weighted by Gasteiger charge is -2.25. The molecule has 11 heteroatoms. The summed E-state index contributed by atoms with van der Waals surface area (Å²) in [5.41, 5.74) is 3.96. The largest absolute Gasteiger partial charge is 0.341 e. The summed E-state index contributed by atoms with van der Waals surface area (Å²) in [6.07, 6.45) is 0. The summed E-state index contributed by atoms with van der Waals surface area (Å²) in [4.78, 5) is 42.6. The fraction of sp³-hybridized carbons (Fsp3) is 0.278. The van der Waals surface area contributed by atoms with E-state index < -0.39 is 11.2 Å². The number of anilines is 2. The Labute approximate surface area is 175 Å². The van der Waals surface area contributed by atoms with Crippen LogP contribution in [0.4, 0.5) is 11.5 Å². The van der Waals surface area contributed by atoms with Crippen LogP contribution in [0.5, 0.6) is 0 Å². The van der Waals surface area contributed by atoms with E-state index in [9.17, 15) is 14.4 Å². The van der Waals surface area contributed by atoms with Crippen LogP contribution in [0.25, 0.3) is 5.70 Å². The Morgan fingerprint density at radius 1 is 1.31 bits per heavy atom. The van der Waals surface area contributed by atoms with E-state index in [2.05, 4.69) is 10.4 Å². The third-order valence-corrected chi connectivity index (χ3v) is 5.77. The number of thioether (sulfide) groups is 1. The van der Waals surface area contributed by atoms with E-state index in [0.717, 1.165) is 11.3 Å². The summed E-state index contributed by atoms with van der Waals surface area (Å²) in [7, 11) is 3.35. The number of hydrazine groups is 1. The maximum Gasteiger partial charge on any atom is 0.329 e. The highest BCUT2D eigenvalue weighted by Gasteiger charge is 2.31. The number of nitrogens with zero attached hydrogens (tertiary/aromatic N) is 4. The van der Waals surface area contributed by atoms with Crippen molar-refractivity contribution in [3.8, 4) is 0 Å². The standard InChI is InChI=1S/C18H19ClN6O3S/c1-22-9-24(15-16(27)20-18(28)23(2)17(15)22)7-14(26)21-25-10-29-8-13(25)11-4-3-5-12(19)6-11/h3-6,8H,7,9-10H2,1-2H3,(H,21,26)(H,20,27,28). The molecular formula is C18H19ClN6O3S. The number of hydrogen-bond acceptors (Lipinski definition) is 7. The Hall–Kier alpha value is -2.85. The van der Waals surface area contributed by atoms with Crippen LogP contribution in [-0.4, -0.2) is 46.6 Å². The molecule has 1 aromatic heterocycles. The monoisotopic (exact) mass is 434 g/mol. The number of nitrogens with one attached hydrogen (secondary N) is 2. The van der Waals surface area contributed by atoms with Gasteiger partial charge in [-0.25, -0.2) is 4.79 Å². The van der Waals surface area contributed by atoms with Gasteiger partial charge in [0.15, 0.2) is 0 Å². The molecule has 29 heavy (non-hydrogen) atoms. The topological polar surface area (TPSA) is 93.7 Å². The van der Waals surface area contributed by atoms with Crippen molar-refractivity contribution >= 4 is 46.5 Å². The van der Waals surface area contributed by atoms with Crippen LogP contribution < -0.4 is 26.5 Å². The van der Waals surface area contributed by atoms with Gasteiger partial charge >= 0.3 is 5.69 Å². The number of aromatic amines is 1. The molecule has 0 aliphatic carbocycles. The van der Waals surface area contributed by atoms with Gasteiger partial charge in [0.1, 0.15) is 18.1 Å². The molecule has 2 N–H and O–H groups in total. The van der Waals surface area contributed by atoms with Gasteiger partial charge in [-0.2, -0.15) is 0 Å². The zero-order valence-corrected chi connectivity index (χ0v) is 17.4. The minimum Gasteiger partial charge on any atom is -0.341 e. The second-order valence-electron chi connectivity index (χ2n) is 6.80. The van der Waals surface area contributed by atoms with Crippen molar-refractivity contribution in [1.82, 2.24) is 20.0 Å². The number of aromatic nitrogens is 2. The molecular weight excluding hydrogens is 416 g/mol. The van der Waals surface area contributed by atoms with Gasteiger partial charge in [0, 0.05) is 24.7 Å². The summed E-state index contributed by atoms with van der Waals surface area (Å²) < 4.78 is 1.37. The highest BCUT2D eigenvalue weighted by molar-refractivity contribution is 8.02. The average molecular weight is 435 g/mol. The number of carbonyl (C=O) groups is 1. The molecule has 0 saturated heterocycles. The molecule has 0 spiro atoms. The fourth-order valence-corrected chi connectivity index (χ4v) is 4.53. The first kappa shape index (κ1) is 19.5. The number of benzene rings is 1. The summed E-state index contributed by atoms with van der Waals surface area (Å²) in [6, 6.07) is 7.41. The minimum absolute atomic E-state index is 0.0252. The highest BCUT2D eigenvalue weighted by Crippen LogP contribution is 2.31. The van der Waals surface area contributed by atoms with E-state index in [1.54, 1.807) is 46.7 Å². The number of halogens is 1. The summed E-state index contributed by atoms with van der Waals surface area (Å²) >= 11 is 7.64. The van der Waals surface area contributed by atoms with Crippen molar-refractivity contribution in [2.75, 3.05) is 35.9 Å². The number of H-pyrrole nitrogens is 1. The van der Waals surface area contributed by atoms with Crippen LogP contribution in [0.1, 0.15) is 5.56 Å². The Bertz CT molecular complexity index is 1130. The summed E-state index contributed by atoms with van der Waals surface area (Å²) in [6.45, 7) is 0.303. The lowest BCUT2D eigenvalue weighted by atomic mass is 10.2.